The number of carbonyl (C=O) groups excluding carboxylic acids is 1. The molecule has 21 heavy (non-hydrogen) atoms. The minimum absolute atomic E-state index is 0. The molecule has 1 heterocycles. The molecule has 0 aliphatic rings. The van der Waals surface area contributed by atoms with Gasteiger partial charge in [-0.2, -0.15) is 0 Å². The Morgan fingerprint density at radius 3 is 2.38 bits per heavy atom. The molecule has 2 N–H and O–H groups in total. The van der Waals surface area contributed by atoms with Gasteiger partial charge in [-0.05, 0) is 7.05 Å². The highest BCUT2D eigenvalue weighted by Gasteiger charge is 2.12. The summed E-state index contributed by atoms with van der Waals surface area (Å²) >= 11 is 0. The molecule has 0 aliphatic carbocycles. The largest absolute Gasteiger partial charge is 0.323 e. The zero-order valence-electron chi connectivity index (χ0n) is 12.0. The lowest BCUT2D eigenvalue weighted by Crippen LogP contribution is -2.28. The first kappa shape index (κ1) is 17.1. The van der Waals surface area contributed by atoms with Crippen LogP contribution in [0.25, 0.3) is 11.4 Å². The van der Waals surface area contributed by atoms with E-state index in [-0.39, 0.29) is 24.2 Å². The molecular weight excluding hydrogens is 288 g/mol. The zero-order chi connectivity index (χ0) is 14.4. The standard InChI is InChI=1S/C15H18N4O.ClH/c1-11(8-16-2)15(20)19-13-9-17-14(18-10-13)12-6-4-3-5-7-12;/h3-7,9-11,16H,8H2,1-2H3,(H,19,20);1H. The van der Waals surface area contributed by atoms with E-state index in [0.717, 1.165) is 5.56 Å². The quantitative estimate of drug-likeness (QED) is 0.890. The third-order valence-corrected chi connectivity index (χ3v) is 2.91. The Hall–Kier alpha value is -1.98. The minimum atomic E-state index is -0.103. The number of amides is 1. The Kier molecular flexibility index (Phi) is 6.78. The van der Waals surface area contributed by atoms with Crippen molar-refractivity contribution in [1.82, 2.24) is 15.3 Å². The molecule has 1 aromatic carbocycles. The van der Waals surface area contributed by atoms with E-state index in [4.69, 9.17) is 0 Å². The number of carbonyl (C=O) groups is 1. The third kappa shape index (κ3) is 4.81. The van der Waals surface area contributed by atoms with Gasteiger partial charge in [-0.3, -0.25) is 4.79 Å². The molecule has 0 fully saturated rings. The van der Waals surface area contributed by atoms with Gasteiger partial charge in [-0.15, -0.1) is 12.4 Å². The second-order valence-corrected chi connectivity index (χ2v) is 4.61. The van der Waals surface area contributed by atoms with Crippen molar-refractivity contribution in [3.8, 4) is 11.4 Å². The van der Waals surface area contributed by atoms with Crippen LogP contribution in [-0.2, 0) is 4.79 Å². The van der Waals surface area contributed by atoms with Gasteiger partial charge in [0.15, 0.2) is 5.82 Å². The smallest absolute Gasteiger partial charge is 0.228 e. The number of aromatic nitrogens is 2. The van der Waals surface area contributed by atoms with E-state index in [9.17, 15) is 4.79 Å². The molecule has 1 aromatic heterocycles. The number of hydrogen-bond acceptors (Lipinski definition) is 4. The average Bonchev–Trinajstić information content (AvgIpc) is 2.49. The summed E-state index contributed by atoms with van der Waals surface area (Å²) < 4.78 is 0. The van der Waals surface area contributed by atoms with Gasteiger partial charge in [0.05, 0.1) is 18.1 Å². The molecule has 0 radical (unpaired) electrons. The predicted molar refractivity (Wildman–Crippen MR) is 86.4 cm³/mol. The Labute approximate surface area is 130 Å². The summed E-state index contributed by atoms with van der Waals surface area (Å²) in [5, 5.41) is 5.77. The molecule has 1 amide bonds. The van der Waals surface area contributed by atoms with Crippen LogP contribution in [0.4, 0.5) is 5.69 Å². The van der Waals surface area contributed by atoms with Gasteiger partial charge in [0.1, 0.15) is 0 Å². The maximum Gasteiger partial charge on any atom is 0.228 e. The number of nitrogens with zero attached hydrogens (tertiary/aromatic N) is 2. The fraction of sp³-hybridized carbons (Fsp3) is 0.267. The molecule has 0 spiro atoms. The van der Waals surface area contributed by atoms with E-state index in [2.05, 4.69) is 20.6 Å². The summed E-state index contributed by atoms with van der Waals surface area (Å²) in [5.74, 6) is 0.496. The number of benzene rings is 1. The van der Waals surface area contributed by atoms with Crippen molar-refractivity contribution in [2.24, 2.45) is 5.92 Å². The van der Waals surface area contributed by atoms with Crippen LogP contribution < -0.4 is 10.6 Å². The lowest BCUT2D eigenvalue weighted by Gasteiger charge is -2.11. The maximum absolute atomic E-state index is 11.9. The van der Waals surface area contributed by atoms with Crippen molar-refractivity contribution < 1.29 is 4.79 Å². The summed E-state index contributed by atoms with van der Waals surface area (Å²) in [7, 11) is 1.82. The summed E-state index contributed by atoms with van der Waals surface area (Å²) in [6.07, 6.45) is 3.25. The maximum atomic E-state index is 11.9. The van der Waals surface area contributed by atoms with E-state index >= 15 is 0 Å². The van der Waals surface area contributed by atoms with E-state index in [1.54, 1.807) is 12.4 Å². The number of halogens is 1. The highest BCUT2D eigenvalue weighted by atomic mass is 35.5. The van der Waals surface area contributed by atoms with Crippen molar-refractivity contribution >= 4 is 24.0 Å². The second kappa shape index (κ2) is 8.34. The van der Waals surface area contributed by atoms with Crippen LogP contribution in [0.1, 0.15) is 6.92 Å². The normalized spacial score (nSPS) is 11.3. The zero-order valence-corrected chi connectivity index (χ0v) is 12.9. The fourth-order valence-electron chi connectivity index (χ4n) is 1.79. The fourth-order valence-corrected chi connectivity index (χ4v) is 1.79. The molecule has 6 heteroatoms. The van der Waals surface area contributed by atoms with Crippen molar-refractivity contribution in [3.63, 3.8) is 0 Å². The number of nitrogens with one attached hydrogen (secondary N) is 2. The van der Waals surface area contributed by atoms with Gasteiger partial charge >= 0.3 is 0 Å². The van der Waals surface area contributed by atoms with Gasteiger partial charge in [0, 0.05) is 18.0 Å². The molecule has 5 nitrogen and oxygen atoms in total. The first-order chi connectivity index (χ1) is 9.70. The van der Waals surface area contributed by atoms with Gasteiger partial charge < -0.3 is 10.6 Å². The van der Waals surface area contributed by atoms with Gasteiger partial charge in [-0.1, -0.05) is 37.3 Å². The van der Waals surface area contributed by atoms with Gasteiger partial charge in [0.25, 0.3) is 0 Å². The van der Waals surface area contributed by atoms with Crippen LogP contribution in [0.5, 0.6) is 0 Å². The molecular formula is C15H19ClN4O. The first-order valence-corrected chi connectivity index (χ1v) is 6.53. The van der Waals surface area contributed by atoms with E-state index in [1.807, 2.05) is 44.3 Å². The Bertz CT molecular complexity index is 560. The van der Waals surface area contributed by atoms with E-state index in [0.29, 0.717) is 18.1 Å². The summed E-state index contributed by atoms with van der Waals surface area (Å²) in [5.41, 5.74) is 1.56. The summed E-state index contributed by atoms with van der Waals surface area (Å²) in [4.78, 5) is 20.4. The summed E-state index contributed by atoms with van der Waals surface area (Å²) in [6.45, 7) is 2.50. The number of hydrogen-bond donors (Lipinski definition) is 2. The van der Waals surface area contributed by atoms with Crippen molar-refractivity contribution in [2.45, 2.75) is 6.92 Å². The Morgan fingerprint density at radius 1 is 1.19 bits per heavy atom. The van der Waals surface area contributed by atoms with Crippen LogP contribution >= 0.6 is 12.4 Å². The molecule has 112 valence electrons. The van der Waals surface area contributed by atoms with Crippen molar-refractivity contribution in [1.29, 1.82) is 0 Å². The monoisotopic (exact) mass is 306 g/mol. The predicted octanol–water partition coefficient (Wildman–Crippen LogP) is 2.36. The molecule has 0 bridgehead atoms. The van der Waals surface area contributed by atoms with Crippen LogP contribution in [0.15, 0.2) is 42.7 Å². The average molecular weight is 307 g/mol. The van der Waals surface area contributed by atoms with Crippen molar-refractivity contribution in [2.75, 3.05) is 18.9 Å². The molecule has 2 rings (SSSR count). The molecule has 0 aliphatic heterocycles. The second-order valence-electron chi connectivity index (χ2n) is 4.61. The topological polar surface area (TPSA) is 66.9 Å². The van der Waals surface area contributed by atoms with Gasteiger partial charge in [-0.25, -0.2) is 9.97 Å². The molecule has 2 aromatic rings. The summed E-state index contributed by atoms with van der Waals surface area (Å²) in [6, 6.07) is 9.72. The number of rotatable bonds is 5. The highest BCUT2D eigenvalue weighted by Crippen LogP contribution is 2.15. The van der Waals surface area contributed by atoms with Crippen LogP contribution in [0, 0.1) is 5.92 Å². The van der Waals surface area contributed by atoms with Crippen LogP contribution in [0.2, 0.25) is 0 Å². The van der Waals surface area contributed by atoms with Crippen molar-refractivity contribution in [3.05, 3.63) is 42.7 Å². The van der Waals surface area contributed by atoms with E-state index in [1.165, 1.54) is 0 Å². The molecule has 1 unspecified atom stereocenters. The lowest BCUT2D eigenvalue weighted by molar-refractivity contribution is -0.119. The minimum Gasteiger partial charge on any atom is -0.323 e. The SMILES string of the molecule is CNCC(C)C(=O)Nc1cnc(-c2ccccc2)nc1.Cl. The number of anilines is 1. The third-order valence-electron chi connectivity index (χ3n) is 2.91. The molecule has 0 saturated heterocycles. The van der Waals surface area contributed by atoms with Crippen LogP contribution in [-0.4, -0.2) is 29.5 Å². The van der Waals surface area contributed by atoms with Gasteiger partial charge in [0.2, 0.25) is 5.91 Å². The molecule has 0 saturated carbocycles. The Morgan fingerprint density at radius 2 is 1.81 bits per heavy atom. The molecule has 1 atom stereocenters. The Balaban J connectivity index is 0.00000220. The lowest BCUT2D eigenvalue weighted by atomic mass is 10.1. The van der Waals surface area contributed by atoms with Crippen LogP contribution in [0.3, 0.4) is 0 Å². The highest BCUT2D eigenvalue weighted by molar-refractivity contribution is 5.92. The first-order valence-electron chi connectivity index (χ1n) is 6.53. The van der Waals surface area contributed by atoms with E-state index < -0.39 is 0 Å².